The second kappa shape index (κ2) is 5.47. The summed E-state index contributed by atoms with van der Waals surface area (Å²) in [4.78, 5) is 27.4. The molecule has 0 unspecified atom stereocenters. The summed E-state index contributed by atoms with van der Waals surface area (Å²) in [7, 11) is 0. The third kappa shape index (κ3) is 2.94. The molecule has 1 saturated heterocycles. The Morgan fingerprint density at radius 1 is 1.56 bits per heavy atom. The molecule has 7 heteroatoms. The summed E-state index contributed by atoms with van der Waals surface area (Å²) in [5.41, 5.74) is 2.61. The Morgan fingerprint density at radius 3 is 2.69 bits per heavy atom. The topological polar surface area (TPSA) is 99.1 Å². The standard InChI is InChI=1S/C9H14N2O5/c1-2-3-16-10-6-4-7(8(12)13)11(5-6)9(14)15/h2,6-7,10H,1,3-5H2,(H,12,13)(H,14,15)/t6-,7-/m1/s1. The van der Waals surface area contributed by atoms with Gasteiger partial charge in [-0.2, -0.15) is 5.48 Å². The molecule has 3 N–H and O–H groups in total. The van der Waals surface area contributed by atoms with Crippen LogP contribution in [0.3, 0.4) is 0 Å². The summed E-state index contributed by atoms with van der Waals surface area (Å²) in [6.45, 7) is 3.83. The van der Waals surface area contributed by atoms with Crippen molar-refractivity contribution in [1.82, 2.24) is 10.4 Å². The average molecular weight is 230 g/mol. The van der Waals surface area contributed by atoms with Crippen molar-refractivity contribution in [3.63, 3.8) is 0 Å². The maximum Gasteiger partial charge on any atom is 0.408 e. The predicted octanol–water partition coefficient (Wildman–Crippen LogP) is -0.101. The number of carbonyl (C=O) groups is 2. The molecule has 1 fully saturated rings. The van der Waals surface area contributed by atoms with Gasteiger partial charge < -0.3 is 10.2 Å². The van der Waals surface area contributed by atoms with Crippen LogP contribution in [0.15, 0.2) is 12.7 Å². The SMILES string of the molecule is C=CCON[C@@H]1C[C@H](C(=O)O)N(C(=O)O)C1. The van der Waals surface area contributed by atoms with E-state index in [4.69, 9.17) is 15.1 Å². The van der Waals surface area contributed by atoms with Crippen molar-refractivity contribution < 1.29 is 24.6 Å². The number of hydroxylamine groups is 1. The van der Waals surface area contributed by atoms with Crippen molar-refractivity contribution in [1.29, 1.82) is 0 Å². The fourth-order valence-corrected chi connectivity index (χ4v) is 1.59. The van der Waals surface area contributed by atoms with Gasteiger partial charge in [0.2, 0.25) is 0 Å². The van der Waals surface area contributed by atoms with E-state index in [-0.39, 0.29) is 25.6 Å². The lowest BCUT2D eigenvalue weighted by molar-refractivity contribution is -0.141. The van der Waals surface area contributed by atoms with Gasteiger partial charge in [-0.1, -0.05) is 6.08 Å². The number of nitrogens with zero attached hydrogens (tertiary/aromatic N) is 1. The molecule has 7 nitrogen and oxygen atoms in total. The van der Waals surface area contributed by atoms with Crippen LogP contribution in [-0.4, -0.2) is 52.4 Å². The zero-order valence-electron chi connectivity index (χ0n) is 8.63. The molecular formula is C9H14N2O5. The normalized spacial score (nSPS) is 24.4. The molecule has 0 bridgehead atoms. The van der Waals surface area contributed by atoms with E-state index >= 15 is 0 Å². The van der Waals surface area contributed by atoms with Gasteiger partial charge in [0.05, 0.1) is 12.6 Å². The van der Waals surface area contributed by atoms with Crippen LogP contribution in [0.25, 0.3) is 0 Å². The van der Waals surface area contributed by atoms with Gasteiger partial charge in [-0.3, -0.25) is 9.74 Å². The fourth-order valence-electron chi connectivity index (χ4n) is 1.59. The first kappa shape index (κ1) is 12.5. The van der Waals surface area contributed by atoms with Crippen LogP contribution in [0.1, 0.15) is 6.42 Å². The van der Waals surface area contributed by atoms with E-state index in [1.165, 1.54) is 6.08 Å². The molecule has 0 spiro atoms. The Morgan fingerprint density at radius 2 is 2.25 bits per heavy atom. The molecule has 0 aliphatic carbocycles. The van der Waals surface area contributed by atoms with Crippen LogP contribution in [0.4, 0.5) is 4.79 Å². The number of likely N-dealkylation sites (tertiary alicyclic amines) is 1. The molecule has 16 heavy (non-hydrogen) atoms. The highest BCUT2D eigenvalue weighted by Gasteiger charge is 2.39. The van der Waals surface area contributed by atoms with Crippen LogP contribution in [0.2, 0.25) is 0 Å². The van der Waals surface area contributed by atoms with E-state index in [2.05, 4.69) is 12.1 Å². The lowest BCUT2D eigenvalue weighted by Crippen LogP contribution is -2.40. The number of carboxylic acids is 1. The number of amides is 1. The third-order valence-electron chi connectivity index (χ3n) is 2.28. The zero-order valence-corrected chi connectivity index (χ0v) is 8.63. The minimum atomic E-state index is -1.24. The van der Waals surface area contributed by atoms with Crippen molar-refractivity contribution >= 4 is 12.1 Å². The average Bonchev–Trinajstić information content (AvgIpc) is 2.62. The van der Waals surface area contributed by atoms with Gasteiger partial charge in [0, 0.05) is 6.54 Å². The van der Waals surface area contributed by atoms with E-state index in [0.717, 1.165) is 4.90 Å². The summed E-state index contributed by atoms with van der Waals surface area (Å²) < 4.78 is 0. The first-order valence-corrected chi connectivity index (χ1v) is 4.76. The highest BCUT2D eigenvalue weighted by molar-refractivity contribution is 5.80. The van der Waals surface area contributed by atoms with Crippen LogP contribution in [0.5, 0.6) is 0 Å². The van der Waals surface area contributed by atoms with Crippen LogP contribution >= 0.6 is 0 Å². The molecule has 1 aliphatic heterocycles. The van der Waals surface area contributed by atoms with Gasteiger partial charge in [0.25, 0.3) is 0 Å². The summed E-state index contributed by atoms with van der Waals surface area (Å²) in [6.07, 6.45) is 0.491. The smallest absolute Gasteiger partial charge is 0.408 e. The van der Waals surface area contributed by atoms with Crippen molar-refractivity contribution in [2.45, 2.75) is 18.5 Å². The minimum Gasteiger partial charge on any atom is -0.480 e. The third-order valence-corrected chi connectivity index (χ3v) is 2.28. The molecule has 1 amide bonds. The molecule has 0 saturated carbocycles. The second-order valence-corrected chi connectivity index (χ2v) is 3.44. The van der Waals surface area contributed by atoms with Gasteiger partial charge in [-0.25, -0.2) is 9.59 Å². The van der Waals surface area contributed by atoms with Crippen LogP contribution in [0, 0.1) is 0 Å². The van der Waals surface area contributed by atoms with E-state index in [1.54, 1.807) is 0 Å². The zero-order chi connectivity index (χ0) is 12.1. The summed E-state index contributed by atoms with van der Waals surface area (Å²) in [5, 5.41) is 17.6. The van der Waals surface area contributed by atoms with E-state index < -0.39 is 18.1 Å². The number of hydrogen-bond donors (Lipinski definition) is 3. The molecule has 1 aliphatic rings. The molecular weight excluding hydrogens is 216 g/mol. The number of rotatable bonds is 5. The number of carboxylic acid groups (broad SMARTS) is 2. The Balaban J connectivity index is 2.51. The Bertz CT molecular complexity index is 272. The van der Waals surface area contributed by atoms with E-state index in [0.29, 0.717) is 0 Å². The predicted molar refractivity (Wildman–Crippen MR) is 53.8 cm³/mol. The van der Waals surface area contributed by atoms with Gasteiger partial charge in [0.1, 0.15) is 6.04 Å². The molecule has 90 valence electrons. The first-order chi connectivity index (χ1) is 7.56. The van der Waals surface area contributed by atoms with Gasteiger partial charge in [0.15, 0.2) is 0 Å². The van der Waals surface area contributed by atoms with Crippen molar-refractivity contribution in [3.05, 3.63) is 12.7 Å². The Hall–Kier alpha value is -1.60. The van der Waals surface area contributed by atoms with Crippen molar-refractivity contribution in [3.8, 4) is 0 Å². The van der Waals surface area contributed by atoms with Crippen molar-refractivity contribution in [2.24, 2.45) is 0 Å². The molecule has 1 heterocycles. The first-order valence-electron chi connectivity index (χ1n) is 4.76. The molecule has 0 aromatic carbocycles. The molecule has 1 rings (SSSR count). The number of nitrogens with one attached hydrogen (secondary N) is 1. The van der Waals surface area contributed by atoms with Gasteiger partial charge in [-0.05, 0) is 6.42 Å². The minimum absolute atomic E-state index is 0.101. The second-order valence-electron chi connectivity index (χ2n) is 3.44. The summed E-state index contributed by atoms with van der Waals surface area (Å²) in [5.74, 6) is -1.14. The van der Waals surface area contributed by atoms with E-state index in [1.807, 2.05) is 0 Å². The monoisotopic (exact) mass is 230 g/mol. The summed E-state index contributed by atoms with van der Waals surface area (Å²) in [6, 6.07) is -1.32. The van der Waals surface area contributed by atoms with Crippen LogP contribution < -0.4 is 5.48 Å². The fraction of sp³-hybridized carbons (Fsp3) is 0.556. The van der Waals surface area contributed by atoms with Crippen LogP contribution in [-0.2, 0) is 9.63 Å². The Kier molecular flexibility index (Phi) is 4.27. The summed E-state index contributed by atoms with van der Waals surface area (Å²) >= 11 is 0. The highest BCUT2D eigenvalue weighted by atomic mass is 16.6. The maximum atomic E-state index is 10.8. The Labute approximate surface area is 92.3 Å². The van der Waals surface area contributed by atoms with Gasteiger partial charge >= 0.3 is 12.1 Å². The molecule has 0 radical (unpaired) electrons. The number of aliphatic carboxylic acids is 1. The molecule has 0 aromatic rings. The lowest BCUT2D eigenvalue weighted by atomic mass is 10.2. The number of hydrogen-bond acceptors (Lipinski definition) is 4. The van der Waals surface area contributed by atoms with Crippen molar-refractivity contribution in [2.75, 3.05) is 13.2 Å². The highest BCUT2D eigenvalue weighted by Crippen LogP contribution is 2.18. The maximum absolute atomic E-state index is 10.8. The molecule has 0 aromatic heterocycles. The van der Waals surface area contributed by atoms with Gasteiger partial charge in [-0.15, -0.1) is 6.58 Å². The van der Waals surface area contributed by atoms with E-state index in [9.17, 15) is 9.59 Å². The largest absolute Gasteiger partial charge is 0.480 e. The molecule has 2 atom stereocenters. The lowest BCUT2D eigenvalue weighted by Gasteiger charge is -2.16. The quantitative estimate of drug-likeness (QED) is 0.346.